The van der Waals surface area contributed by atoms with Crippen LogP contribution >= 0.6 is 0 Å². The molecular weight excluding hydrogens is 1390 g/mol. The summed E-state index contributed by atoms with van der Waals surface area (Å²) in [6.45, 7) is 30.0. The highest BCUT2D eigenvalue weighted by molar-refractivity contribution is 6.19. The molecule has 4 heterocycles. The number of amides is 4. The zero-order valence-electron chi connectivity index (χ0n) is 67.3. The number of nitrogens with one attached hydrogen (secondary N) is 8. The van der Waals surface area contributed by atoms with E-state index in [0.717, 1.165) is 110 Å². The lowest BCUT2D eigenvalue weighted by Crippen LogP contribution is -2.50. The van der Waals surface area contributed by atoms with Crippen molar-refractivity contribution in [1.82, 2.24) is 19.9 Å². The molecule has 4 aromatic heterocycles. The first-order valence-electron chi connectivity index (χ1n) is 41.0. The van der Waals surface area contributed by atoms with Crippen molar-refractivity contribution in [2.45, 2.75) is 158 Å². The SMILES string of the molecule is CCCC[N+](CCCC)(CCCC)CCCC.CCCC[N+](CCCC)(CCCC)CCCC.O=C(Nc1cccc2c1[nH]c1ccccc12)Nc1cccc2c1[nH]c1ccccc12.O=C(Nc1cccc2c1[nH]c1ccccc12)Nc1cccc2c1[nH]c1ccccc12.O=C([O-])c1ccccc1.O=C([O-])c1ccccc1. The number of hydrogen-bond acceptors (Lipinski definition) is 6. The van der Waals surface area contributed by atoms with E-state index in [2.05, 4.69) is 145 Å². The maximum absolute atomic E-state index is 12.8. The number of aromatic carboxylic acids is 2. The summed E-state index contributed by atoms with van der Waals surface area (Å²) < 4.78 is 2.84. The van der Waals surface area contributed by atoms with Crippen molar-refractivity contribution in [3.63, 3.8) is 0 Å². The van der Waals surface area contributed by atoms with Crippen molar-refractivity contribution < 1.29 is 38.4 Å². The molecule has 0 atom stereocenters. The Labute approximate surface area is 662 Å². The topological polar surface area (TPSA) is 226 Å². The third kappa shape index (κ3) is 23.4. The second-order valence-electron chi connectivity index (χ2n) is 29.4. The Morgan fingerprint density at radius 1 is 0.250 bits per heavy atom. The van der Waals surface area contributed by atoms with Gasteiger partial charge in [0.05, 0.1) is 109 Å². The number of carbonyl (C=O) groups is 4. The number of benzene rings is 10. The minimum atomic E-state index is -1.13. The first-order valence-corrected chi connectivity index (χ1v) is 41.0. The van der Waals surface area contributed by atoms with Gasteiger partial charge < -0.3 is 70.0 Å². The Morgan fingerprint density at radius 2 is 0.438 bits per heavy atom. The first-order chi connectivity index (χ1) is 54.6. The van der Waals surface area contributed by atoms with Gasteiger partial charge in [0.25, 0.3) is 0 Å². The van der Waals surface area contributed by atoms with Crippen LogP contribution in [-0.4, -0.2) is 105 Å². The molecule has 0 unspecified atom stereocenters. The third-order valence-electron chi connectivity index (χ3n) is 21.1. The summed E-state index contributed by atoms with van der Waals surface area (Å²) >= 11 is 0. The summed E-state index contributed by atoms with van der Waals surface area (Å²) in [6, 6.07) is 71.7. The molecule has 4 amide bonds. The molecule has 8 N–H and O–H groups in total. The number of H-pyrrole nitrogens is 4. The van der Waals surface area contributed by atoms with E-state index < -0.39 is 11.9 Å². The molecule has 0 fully saturated rings. The highest BCUT2D eigenvalue weighted by Crippen LogP contribution is 2.35. The van der Waals surface area contributed by atoms with Gasteiger partial charge in [0.2, 0.25) is 0 Å². The number of nitrogens with zero attached hydrogens (tertiary/aromatic N) is 2. The van der Waals surface area contributed by atoms with E-state index in [1.165, 1.54) is 188 Å². The van der Waals surface area contributed by atoms with Gasteiger partial charge >= 0.3 is 12.1 Å². The highest BCUT2D eigenvalue weighted by Gasteiger charge is 2.27. The summed E-state index contributed by atoms with van der Waals surface area (Å²) in [5.41, 5.74) is 11.2. The van der Waals surface area contributed by atoms with Crippen LogP contribution < -0.4 is 31.5 Å². The lowest BCUT2D eigenvalue weighted by Gasteiger charge is -2.39. The van der Waals surface area contributed by atoms with Crippen molar-refractivity contribution >= 4 is 134 Å². The Hall–Kier alpha value is -11.2. The average molecular weight is 1510 g/mol. The summed E-state index contributed by atoms with van der Waals surface area (Å²) in [4.78, 5) is 59.5. The van der Waals surface area contributed by atoms with Crippen LogP contribution in [0.3, 0.4) is 0 Å². The number of fused-ring (bicyclic) bond motifs is 12. The second-order valence-corrected chi connectivity index (χ2v) is 29.4. The van der Waals surface area contributed by atoms with Crippen molar-refractivity contribution in [2.24, 2.45) is 0 Å². The number of para-hydroxylation sites is 8. The molecule has 0 bridgehead atoms. The standard InChI is InChI=1S/2C25H18N4O.2C16H36N.2C7H6O2/c2*30-25(28-21-13-5-9-17-15-7-1-3-11-19(15)26-23(17)21)29-22-14-6-10-18-16-8-2-4-12-20(16)27-24(18)22;2*1-5-9-13-17(14-10-6-2,15-11-7-3)16-12-8-4;2*8-7(9)6-4-2-1-3-5-6/h2*1-14,26-27H,(H2,28,29,30);2*5-16H2,1-4H3;2*1-5H,(H,8,9)/q;;2*+1;;/p-2. The van der Waals surface area contributed by atoms with Crippen LogP contribution in [0.15, 0.2) is 231 Å². The predicted octanol–water partition coefficient (Wildman–Crippen LogP) is 23.3. The van der Waals surface area contributed by atoms with E-state index in [-0.39, 0.29) is 23.2 Å². The zero-order valence-corrected chi connectivity index (χ0v) is 67.3. The number of aromatic nitrogens is 4. The van der Waals surface area contributed by atoms with Crippen molar-refractivity contribution in [1.29, 1.82) is 0 Å². The van der Waals surface area contributed by atoms with Crippen LogP contribution in [0.1, 0.15) is 179 Å². The maximum atomic E-state index is 12.8. The van der Waals surface area contributed by atoms with E-state index in [4.69, 9.17) is 0 Å². The summed E-state index contributed by atoms with van der Waals surface area (Å²) in [5.74, 6) is -2.26. The molecule has 14 rings (SSSR count). The number of anilines is 4. The molecule has 14 aromatic rings. The number of carbonyl (C=O) groups excluding carboxylic acids is 4. The van der Waals surface area contributed by atoms with E-state index in [9.17, 15) is 29.4 Å². The van der Waals surface area contributed by atoms with Gasteiger partial charge in [-0.15, -0.1) is 0 Å². The van der Waals surface area contributed by atoms with Gasteiger partial charge in [-0.1, -0.05) is 289 Å². The van der Waals surface area contributed by atoms with Crippen LogP contribution in [-0.2, 0) is 0 Å². The van der Waals surface area contributed by atoms with Gasteiger partial charge in [-0.2, -0.15) is 0 Å². The van der Waals surface area contributed by atoms with Gasteiger partial charge in [0.1, 0.15) is 0 Å². The minimum Gasteiger partial charge on any atom is -0.545 e. The molecule has 588 valence electrons. The number of urea groups is 2. The largest absolute Gasteiger partial charge is 0.545 e. The van der Waals surface area contributed by atoms with Crippen molar-refractivity contribution in [3.05, 3.63) is 242 Å². The molecule has 0 spiro atoms. The number of carboxylic acid groups (broad SMARTS) is 2. The van der Waals surface area contributed by atoms with Gasteiger partial charge in [-0.3, -0.25) is 0 Å². The average Bonchev–Trinajstić information content (AvgIpc) is 1.64. The van der Waals surface area contributed by atoms with Crippen LogP contribution in [0.25, 0.3) is 87.2 Å². The normalized spacial score (nSPS) is 11.2. The molecule has 10 aromatic carbocycles. The quantitative estimate of drug-likeness (QED) is 0.0204. The monoisotopic (exact) mass is 1510 g/mol. The van der Waals surface area contributed by atoms with Crippen molar-refractivity contribution in [2.75, 3.05) is 73.6 Å². The summed E-state index contributed by atoms with van der Waals surface area (Å²) in [5, 5.41) is 41.1. The third-order valence-corrected chi connectivity index (χ3v) is 21.1. The maximum Gasteiger partial charge on any atom is 0.323 e. The number of rotatable bonds is 30. The van der Waals surface area contributed by atoms with Crippen molar-refractivity contribution in [3.8, 4) is 0 Å². The molecular formula is C96H118N10O6. The van der Waals surface area contributed by atoms with Gasteiger partial charge in [-0.25, -0.2) is 9.59 Å². The van der Waals surface area contributed by atoms with E-state index in [1.54, 1.807) is 36.4 Å². The van der Waals surface area contributed by atoms with E-state index in [1.807, 2.05) is 121 Å². The van der Waals surface area contributed by atoms with Crippen LogP contribution in [0, 0.1) is 0 Å². The number of aromatic amines is 4. The lowest BCUT2D eigenvalue weighted by atomic mass is 10.1. The first kappa shape index (κ1) is 84.8. The molecule has 112 heavy (non-hydrogen) atoms. The van der Waals surface area contributed by atoms with Crippen LogP contribution in [0.2, 0.25) is 0 Å². The number of unbranched alkanes of at least 4 members (excludes halogenated alkanes) is 8. The number of quaternary nitrogens is 2. The fraction of sp³-hybridized carbons (Fsp3) is 0.333. The Kier molecular flexibility index (Phi) is 33.3. The Bertz CT molecular complexity index is 4600. The predicted molar refractivity (Wildman–Crippen MR) is 469 cm³/mol. The fourth-order valence-electron chi connectivity index (χ4n) is 14.9. The van der Waals surface area contributed by atoms with Gasteiger partial charge in [0, 0.05) is 65.2 Å². The molecule has 0 aliphatic carbocycles. The smallest absolute Gasteiger partial charge is 0.323 e. The Balaban J connectivity index is 0.000000164. The summed E-state index contributed by atoms with van der Waals surface area (Å²) in [6.07, 6.45) is 22.1. The molecule has 16 heteroatoms. The molecule has 0 radical (unpaired) electrons. The van der Waals surface area contributed by atoms with Gasteiger partial charge in [0.15, 0.2) is 0 Å². The fourth-order valence-corrected chi connectivity index (χ4v) is 14.9. The molecule has 0 saturated carbocycles. The molecule has 0 saturated heterocycles. The van der Waals surface area contributed by atoms with Crippen LogP contribution in [0.4, 0.5) is 32.3 Å². The van der Waals surface area contributed by atoms with Crippen LogP contribution in [0.5, 0.6) is 0 Å². The molecule has 0 aliphatic heterocycles. The molecule has 16 nitrogen and oxygen atoms in total. The second kappa shape index (κ2) is 44.0. The summed E-state index contributed by atoms with van der Waals surface area (Å²) in [7, 11) is 0. The van der Waals surface area contributed by atoms with Gasteiger partial charge in [-0.05, 0) is 111 Å². The zero-order chi connectivity index (χ0) is 79.5. The highest BCUT2D eigenvalue weighted by atomic mass is 16.4. The number of carboxylic acids is 2. The molecule has 0 aliphatic rings. The van der Waals surface area contributed by atoms with E-state index >= 15 is 0 Å². The minimum absolute atomic E-state index is 0.220. The number of hydrogen-bond donors (Lipinski definition) is 8. The van der Waals surface area contributed by atoms with E-state index in [0.29, 0.717) is 0 Å². The Morgan fingerprint density at radius 3 is 0.625 bits per heavy atom. The lowest BCUT2D eigenvalue weighted by molar-refractivity contribution is -0.929.